The monoisotopic (exact) mass is 317 g/mol. The lowest BCUT2D eigenvalue weighted by molar-refractivity contribution is -0.124. The van der Waals surface area contributed by atoms with Crippen LogP contribution in [0.15, 0.2) is 18.2 Å². The fraction of sp³-hybridized carbons (Fsp3) is 0.438. The highest BCUT2D eigenvalue weighted by atomic mass is 35.5. The summed E-state index contributed by atoms with van der Waals surface area (Å²) in [6, 6.07) is 8.79. The third kappa shape index (κ3) is 3.90. The van der Waals surface area contributed by atoms with E-state index in [-0.39, 0.29) is 17.5 Å². The molecule has 0 atom stereocenters. The standard InChI is InChI=1S/C16H16ClN3O2/c17-13-8-12(9-18)4-5-14(13)22-10-15(21)20-16(11-19)6-2-1-3-7-16/h4-5,8H,1-3,6-7,10H2,(H,20,21). The number of carbonyl (C=O) groups excluding carboxylic acids is 1. The molecule has 0 aliphatic heterocycles. The van der Waals surface area contributed by atoms with Gasteiger partial charge in [-0.1, -0.05) is 30.9 Å². The Bertz CT molecular complexity index is 640. The molecule has 0 spiro atoms. The van der Waals surface area contributed by atoms with Gasteiger partial charge in [-0.15, -0.1) is 0 Å². The number of nitriles is 2. The molecule has 22 heavy (non-hydrogen) atoms. The van der Waals surface area contributed by atoms with Crippen molar-refractivity contribution in [3.63, 3.8) is 0 Å². The van der Waals surface area contributed by atoms with E-state index in [1.54, 1.807) is 12.1 Å². The lowest BCUT2D eigenvalue weighted by Gasteiger charge is -2.31. The number of nitrogens with one attached hydrogen (secondary N) is 1. The highest BCUT2D eigenvalue weighted by molar-refractivity contribution is 6.32. The van der Waals surface area contributed by atoms with Crippen molar-refractivity contribution >= 4 is 17.5 Å². The minimum atomic E-state index is -0.771. The molecule has 0 saturated heterocycles. The molecule has 1 saturated carbocycles. The molecule has 0 radical (unpaired) electrons. The van der Waals surface area contributed by atoms with Crippen LogP contribution in [-0.2, 0) is 4.79 Å². The number of nitrogens with zero attached hydrogens (tertiary/aromatic N) is 2. The van der Waals surface area contributed by atoms with E-state index in [9.17, 15) is 10.1 Å². The number of hydrogen-bond donors (Lipinski definition) is 1. The van der Waals surface area contributed by atoms with E-state index in [0.717, 1.165) is 19.3 Å². The number of ether oxygens (including phenoxy) is 1. The second-order valence-electron chi connectivity index (χ2n) is 5.35. The second-order valence-corrected chi connectivity index (χ2v) is 5.76. The summed E-state index contributed by atoms with van der Waals surface area (Å²) in [5.41, 5.74) is -0.347. The normalized spacial score (nSPS) is 16.1. The van der Waals surface area contributed by atoms with Gasteiger partial charge in [0.2, 0.25) is 0 Å². The summed E-state index contributed by atoms with van der Waals surface area (Å²) in [7, 11) is 0. The van der Waals surface area contributed by atoms with Gasteiger partial charge >= 0.3 is 0 Å². The number of rotatable bonds is 4. The third-order valence-electron chi connectivity index (χ3n) is 3.72. The molecule has 1 fully saturated rings. The van der Waals surface area contributed by atoms with Crippen molar-refractivity contribution in [3.8, 4) is 17.9 Å². The van der Waals surface area contributed by atoms with Gasteiger partial charge in [0, 0.05) is 0 Å². The van der Waals surface area contributed by atoms with E-state index in [2.05, 4.69) is 11.4 Å². The molecule has 0 heterocycles. The summed E-state index contributed by atoms with van der Waals surface area (Å²) in [5, 5.41) is 21.1. The van der Waals surface area contributed by atoms with E-state index in [0.29, 0.717) is 24.2 Å². The molecule has 114 valence electrons. The molecule has 6 heteroatoms. The van der Waals surface area contributed by atoms with E-state index in [4.69, 9.17) is 21.6 Å². The maximum Gasteiger partial charge on any atom is 0.259 e. The first-order valence-corrected chi connectivity index (χ1v) is 7.51. The molecule has 1 amide bonds. The zero-order valence-electron chi connectivity index (χ0n) is 12.1. The first-order chi connectivity index (χ1) is 10.6. The first kappa shape index (κ1) is 16.1. The molecule has 1 aromatic carbocycles. The molecule has 1 aromatic rings. The SMILES string of the molecule is N#Cc1ccc(OCC(=O)NC2(C#N)CCCCC2)c(Cl)c1. The van der Waals surface area contributed by atoms with Gasteiger partial charge in [0.05, 0.1) is 22.7 Å². The molecule has 1 aliphatic carbocycles. The van der Waals surface area contributed by atoms with Crippen LogP contribution in [0.4, 0.5) is 0 Å². The Morgan fingerprint density at radius 2 is 2.05 bits per heavy atom. The Morgan fingerprint density at radius 1 is 1.32 bits per heavy atom. The molecule has 0 aromatic heterocycles. The van der Waals surface area contributed by atoms with Crippen molar-refractivity contribution in [3.05, 3.63) is 28.8 Å². The Balaban J connectivity index is 1.93. The van der Waals surface area contributed by atoms with Crippen LogP contribution in [0.25, 0.3) is 0 Å². The number of hydrogen-bond acceptors (Lipinski definition) is 4. The van der Waals surface area contributed by atoms with E-state index < -0.39 is 5.54 Å². The van der Waals surface area contributed by atoms with Crippen LogP contribution in [0.1, 0.15) is 37.7 Å². The highest BCUT2D eigenvalue weighted by Gasteiger charge is 2.33. The summed E-state index contributed by atoms with van der Waals surface area (Å²) in [4.78, 5) is 12.0. The predicted molar refractivity (Wildman–Crippen MR) is 81.2 cm³/mol. The van der Waals surface area contributed by atoms with Crippen LogP contribution >= 0.6 is 11.6 Å². The largest absolute Gasteiger partial charge is 0.482 e. The van der Waals surface area contributed by atoms with Crippen LogP contribution in [0.5, 0.6) is 5.75 Å². The van der Waals surface area contributed by atoms with E-state index in [1.165, 1.54) is 6.07 Å². The summed E-state index contributed by atoms with van der Waals surface area (Å²) >= 11 is 5.98. The molecule has 0 unspecified atom stereocenters. The summed E-state index contributed by atoms with van der Waals surface area (Å²) < 4.78 is 5.37. The van der Waals surface area contributed by atoms with Crippen molar-refractivity contribution < 1.29 is 9.53 Å². The van der Waals surface area contributed by atoms with Crippen LogP contribution in [0.2, 0.25) is 5.02 Å². The number of carbonyl (C=O) groups is 1. The van der Waals surface area contributed by atoms with E-state index in [1.807, 2.05) is 6.07 Å². The fourth-order valence-electron chi connectivity index (χ4n) is 2.55. The Morgan fingerprint density at radius 3 is 2.64 bits per heavy atom. The quantitative estimate of drug-likeness (QED) is 0.925. The molecule has 1 N–H and O–H groups in total. The molecule has 2 rings (SSSR count). The van der Waals surface area contributed by atoms with Crippen LogP contribution in [-0.4, -0.2) is 18.1 Å². The van der Waals surface area contributed by atoms with Crippen LogP contribution < -0.4 is 10.1 Å². The van der Waals surface area contributed by atoms with E-state index >= 15 is 0 Å². The highest BCUT2D eigenvalue weighted by Crippen LogP contribution is 2.28. The maximum absolute atomic E-state index is 12.0. The van der Waals surface area contributed by atoms with Gasteiger partial charge in [0.25, 0.3) is 5.91 Å². The van der Waals surface area contributed by atoms with Crippen molar-refractivity contribution in [2.24, 2.45) is 0 Å². The van der Waals surface area contributed by atoms with Crippen LogP contribution in [0, 0.1) is 22.7 Å². The zero-order chi connectivity index (χ0) is 16.0. The van der Waals surface area contributed by atoms with Gasteiger partial charge in [0.15, 0.2) is 6.61 Å². The topological polar surface area (TPSA) is 85.9 Å². The lowest BCUT2D eigenvalue weighted by Crippen LogP contribution is -2.50. The molecular formula is C16H16ClN3O2. The Kier molecular flexibility index (Phi) is 5.25. The summed E-state index contributed by atoms with van der Waals surface area (Å²) in [6.45, 7) is -0.213. The van der Waals surface area contributed by atoms with Crippen molar-refractivity contribution in [1.82, 2.24) is 5.32 Å². The van der Waals surface area contributed by atoms with Crippen molar-refractivity contribution in [2.45, 2.75) is 37.6 Å². The molecule has 1 aliphatic rings. The minimum absolute atomic E-state index is 0.213. The molecule has 0 bridgehead atoms. The first-order valence-electron chi connectivity index (χ1n) is 7.13. The van der Waals surface area contributed by atoms with Gasteiger partial charge in [0.1, 0.15) is 11.3 Å². The van der Waals surface area contributed by atoms with Gasteiger partial charge in [-0.05, 0) is 31.0 Å². The number of amides is 1. The average Bonchev–Trinajstić information content (AvgIpc) is 2.54. The third-order valence-corrected chi connectivity index (χ3v) is 4.01. The summed E-state index contributed by atoms with van der Waals surface area (Å²) in [5.74, 6) is -0.00524. The molecule has 5 nitrogen and oxygen atoms in total. The van der Waals surface area contributed by atoms with Gasteiger partial charge in [-0.2, -0.15) is 10.5 Å². The van der Waals surface area contributed by atoms with Crippen molar-refractivity contribution in [2.75, 3.05) is 6.61 Å². The lowest BCUT2D eigenvalue weighted by atomic mass is 9.83. The average molecular weight is 318 g/mol. The van der Waals surface area contributed by atoms with Gasteiger partial charge in [-0.25, -0.2) is 0 Å². The van der Waals surface area contributed by atoms with Crippen LogP contribution in [0.3, 0.4) is 0 Å². The number of halogens is 1. The van der Waals surface area contributed by atoms with Gasteiger partial charge in [-0.3, -0.25) is 4.79 Å². The number of benzene rings is 1. The van der Waals surface area contributed by atoms with Crippen molar-refractivity contribution in [1.29, 1.82) is 10.5 Å². The Hall–Kier alpha value is -2.24. The second kappa shape index (κ2) is 7.15. The smallest absolute Gasteiger partial charge is 0.259 e. The minimum Gasteiger partial charge on any atom is -0.482 e. The van der Waals surface area contributed by atoms with Gasteiger partial charge < -0.3 is 10.1 Å². The maximum atomic E-state index is 12.0. The Labute approximate surface area is 134 Å². The predicted octanol–water partition coefficient (Wildman–Crippen LogP) is 2.93. The zero-order valence-corrected chi connectivity index (χ0v) is 12.8. The molecular weight excluding hydrogens is 302 g/mol. The summed E-state index contributed by atoms with van der Waals surface area (Å²) in [6.07, 6.45) is 4.32. The fourth-order valence-corrected chi connectivity index (χ4v) is 2.79.